The molecule has 0 saturated carbocycles. The molecule has 44 heavy (non-hydrogen) atoms. The first-order chi connectivity index (χ1) is 21.6. The third-order valence-corrected chi connectivity index (χ3v) is 7.63. The van der Waals surface area contributed by atoms with Gasteiger partial charge in [0.25, 0.3) is 0 Å². The van der Waals surface area contributed by atoms with Crippen molar-refractivity contribution in [2.45, 2.75) is 174 Å². The molecule has 0 aromatic rings. The Balaban J connectivity index is 3.66. The Morgan fingerprint density at radius 1 is 0.523 bits per heavy atom. The number of esters is 2. The van der Waals surface area contributed by atoms with E-state index in [9.17, 15) is 14.7 Å². The van der Waals surface area contributed by atoms with Gasteiger partial charge in [-0.25, -0.2) is 0 Å². The van der Waals surface area contributed by atoms with Crippen molar-refractivity contribution < 1.29 is 24.2 Å². The van der Waals surface area contributed by atoms with Crippen molar-refractivity contribution in [2.24, 2.45) is 0 Å². The highest BCUT2D eigenvalue weighted by molar-refractivity contribution is 5.70. The van der Waals surface area contributed by atoms with Crippen molar-refractivity contribution in [2.75, 3.05) is 13.2 Å². The van der Waals surface area contributed by atoms with E-state index in [-0.39, 0.29) is 25.2 Å². The summed E-state index contributed by atoms with van der Waals surface area (Å²) in [6, 6.07) is 0. The lowest BCUT2D eigenvalue weighted by Gasteiger charge is -2.15. The summed E-state index contributed by atoms with van der Waals surface area (Å²) in [5, 5.41) is 9.51. The molecule has 0 saturated heterocycles. The summed E-state index contributed by atoms with van der Waals surface area (Å²) in [5.41, 5.74) is 0. The third-order valence-electron chi connectivity index (χ3n) is 7.63. The Bertz CT molecular complexity index is 752. The number of unbranched alkanes of at least 4 members (excludes halogenated alkanes) is 16. The Morgan fingerprint density at radius 2 is 0.909 bits per heavy atom. The van der Waals surface area contributed by atoms with Crippen molar-refractivity contribution in [3.63, 3.8) is 0 Å². The predicted molar refractivity (Wildman–Crippen MR) is 187 cm³/mol. The number of allylic oxidation sites excluding steroid dienone is 8. The summed E-state index contributed by atoms with van der Waals surface area (Å²) in [7, 11) is 0. The van der Waals surface area contributed by atoms with Crippen LogP contribution in [0, 0.1) is 0 Å². The highest BCUT2D eigenvalue weighted by Crippen LogP contribution is 2.12. The maximum atomic E-state index is 12.1. The molecular formula is C39H68O5. The van der Waals surface area contributed by atoms with Crippen molar-refractivity contribution >= 4 is 11.9 Å². The fraction of sp³-hybridized carbons (Fsp3) is 0.744. The molecule has 0 spiro atoms. The van der Waals surface area contributed by atoms with Gasteiger partial charge in [0.05, 0.1) is 6.61 Å². The molecule has 0 unspecified atom stereocenters. The number of carbonyl (C=O) groups is 2. The Hall–Kier alpha value is -2.14. The van der Waals surface area contributed by atoms with Crippen LogP contribution in [0.4, 0.5) is 0 Å². The van der Waals surface area contributed by atoms with E-state index in [1.54, 1.807) is 0 Å². The molecule has 0 aliphatic carbocycles. The number of aliphatic hydroxyl groups excluding tert-OH is 1. The minimum absolute atomic E-state index is 0.0782. The standard InChI is InChI=1S/C39H68O5/c1-3-5-7-9-11-13-15-16-17-18-19-20-21-22-24-26-28-30-32-34-39(42)44-37(35-40)36-43-38(41)33-31-29-27-25-23-14-12-10-8-6-4-2/h11,13,16-17,19-20,22,24,37,40H,3-10,12,14-15,18,21,23,25-36H2,1-2H3/b13-11-,17-16-,20-19-,24-22-/t37-/m0/s1. The summed E-state index contributed by atoms with van der Waals surface area (Å²) in [6.45, 7) is 4.06. The van der Waals surface area contributed by atoms with Crippen LogP contribution in [0.2, 0.25) is 0 Å². The van der Waals surface area contributed by atoms with E-state index < -0.39 is 6.10 Å². The second-order valence-electron chi connectivity index (χ2n) is 12.0. The maximum Gasteiger partial charge on any atom is 0.306 e. The SMILES string of the molecule is CCCCC/C=C\C/C=C\C/C=C\C/C=C\CCCCCC(=O)O[C@@H](CO)COC(=O)CCCCCCCCCCCCC. The molecule has 0 bridgehead atoms. The van der Waals surface area contributed by atoms with Crippen LogP contribution in [0.25, 0.3) is 0 Å². The van der Waals surface area contributed by atoms with Crippen LogP contribution in [0.5, 0.6) is 0 Å². The first-order valence-corrected chi connectivity index (χ1v) is 18.2. The zero-order chi connectivity index (χ0) is 32.2. The lowest BCUT2D eigenvalue weighted by atomic mass is 10.1. The van der Waals surface area contributed by atoms with Gasteiger partial charge in [-0.2, -0.15) is 0 Å². The zero-order valence-electron chi connectivity index (χ0n) is 28.7. The molecule has 0 heterocycles. The average Bonchev–Trinajstić information content (AvgIpc) is 3.02. The topological polar surface area (TPSA) is 72.8 Å². The molecule has 254 valence electrons. The Labute approximate surface area is 271 Å². The molecule has 0 aromatic carbocycles. The smallest absolute Gasteiger partial charge is 0.306 e. The normalized spacial score (nSPS) is 12.7. The summed E-state index contributed by atoms with van der Waals surface area (Å²) in [4.78, 5) is 24.1. The average molecular weight is 617 g/mol. The lowest BCUT2D eigenvalue weighted by Crippen LogP contribution is -2.28. The Kier molecular flexibility index (Phi) is 33.6. The lowest BCUT2D eigenvalue weighted by molar-refractivity contribution is -0.161. The fourth-order valence-electron chi connectivity index (χ4n) is 4.83. The van der Waals surface area contributed by atoms with Crippen molar-refractivity contribution in [1.82, 2.24) is 0 Å². The number of ether oxygens (including phenoxy) is 2. The fourth-order valence-corrected chi connectivity index (χ4v) is 4.83. The summed E-state index contributed by atoms with van der Waals surface area (Å²) >= 11 is 0. The van der Waals surface area contributed by atoms with Crippen LogP contribution >= 0.6 is 0 Å². The summed E-state index contributed by atoms with van der Waals surface area (Å²) in [5.74, 6) is -0.629. The van der Waals surface area contributed by atoms with Crippen molar-refractivity contribution in [1.29, 1.82) is 0 Å². The van der Waals surface area contributed by atoms with Crippen LogP contribution in [0.3, 0.4) is 0 Å². The minimum atomic E-state index is -0.785. The van der Waals surface area contributed by atoms with Gasteiger partial charge in [-0.15, -0.1) is 0 Å². The van der Waals surface area contributed by atoms with E-state index in [2.05, 4.69) is 62.5 Å². The second-order valence-corrected chi connectivity index (χ2v) is 12.0. The van der Waals surface area contributed by atoms with Gasteiger partial charge in [-0.1, -0.05) is 146 Å². The van der Waals surface area contributed by atoms with E-state index in [0.717, 1.165) is 64.2 Å². The largest absolute Gasteiger partial charge is 0.462 e. The molecule has 0 aliphatic rings. The van der Waals surface area contributed by atoms with Gasteiger partial charge in [-0.05, 0) is 57.8 Å². The molecule has 1 N–H and O–H groups in total. The molecular weight excluding hydrogens is 548 g/mol. The first-order valence-electron chi connectivity index (χ1n) is 18.2. The maximum absolute atomic E-state index is 12.1. The number of rotatable bonds is 32. The first kappa shape index (κ1) is 41.9. The molecule has 0 amide bonds. The van der Waals surface area contributed by atoms with Crippen molar-refractivity contribution in [3.8, 4) is 0 Å². The van der Waals surface area contributed by atoms with Crippen LogP contribution in [0.1, 0.15) is 168 Å². The van der Waals surface area contributed by atoms with Crippen LogP contribution in [-0.2, 0) is 19.1 Å². The molecule has 5 nitrogen and oxygen atoms in total. The highest BCUT2D eigenvalue weighted by atomic mass is 16.6. The summed E-state index contributed by atoms with van der Waals surface area (Å²) < 4.78 is 10.5. The molecule has 1 atom stereocenters. The number of aliphatic hydroxyl groups is 1. The minimum Gasteiger partial charge on any atom is -0.462 e. The van der Waals surface area contributed by atoms with E-state index in [1.807, 2.05) is 0 Å². The van der Waals surface area contributed by atoms with E-state index in [0.29, 0.717) is 12.8 Å². The van der Waals surface area contributed by atoms with E-state index >= 15 is 0 Å². The van der Waals surface area contributed by atoms with E-state index in [1.165, 1.54) is 77.0 Å². The van der Waals surface area contributed by atoms with Gasteiger partial charge in [0.2, 0.25) is 0 Å². The van der Waals surface area contributed by atoms with Gasteiger partial charge in [0.1, 0.15) is 6.61 Å². The highest BCUT2D eigenvalue weighted by Gasteiger charge is 2.16. The quantitative estimate of drug-likeness (QED) is 0.0462. The molecule has 5 heteroatoms. The van der Waals surface area contributed by atoms with Crippen LogP contribution in [-0.4, -0.2) is 36.4 Å². The van der Waals surface area contributed by atoms with Crippen molar-refractivity contribution in [3.05, 3.63) is 48.6 Å². The Morgan fingerprint density at radius 3 is 1.41 bits per heavy atom. The molecule has 0 fully saturated rings. The van der Waals surface area contributed by atoms with Crippen LogP contribution < -0.4 is 0 Å². The van der Waals surface area contributed by atoms with Gasteiger partial charge in [0, 0.05) is 12.8 Å². The van der Waals surface area contributed by atoms with Gasteiger partial charge in [0.15, 0.2) is 6.10 Å². The number of hydrogen-bond donors (Lipinski definition) is 1. The summed E-state index contributed by atoms with van der Waals surface area (Å²) in [6.07, 6.45) is 43.1. The molecule has 0 rings (SSSR count). The zero-order valence-corrected chi connectivity index (χ0v) is 28.7. The predicted octanol–water partition coefficient (Wildman–Crippen LogP) is 11.1. The van der Waals surface area contributed by atoms with Gasteiger partial charge in [-0.3, -0.25) is 9.59 Å². The second kappa shape index (κ2) is 35.3. The number of carbonyl (C=O) groups excluding carboxylic acids is 2. The van der Waals surface area contributed by atoms with Gasteiger partial charge < -0.3 is 14.6 Å². The third kappa shape index (κ3) is 32.8. The monoisotopic (exact) mass is 617 g/mol. The van der Waals surface area contributed by atoms with E-state index in [4.69, 9.17) is 9.47 Å². The molecule has 0 aliphatic heterocycles. The molecule has 0 radical (unpaired) electrons. The number of hydrogen-bond acceptors (Lipinski definition) is 5. The van der Waals surface area contributed by atoms with Crippen LogP contribution in [0.15, 0.2) is 48.6 Å². The van der Waals surface area contributed by atoms with Gasteiger partial charge >= 0.3 is 11.9 Å². The molecule has 0 aromatic heterocycles.